The highest BCUT2D eigenvalue weighted by molar-refractivity contribution is 9.10. The maximum absolute atomic E-state index is 10.0. The first-order valence-corrected chi connectivity index (χ1v) is 8.53. The van der Waals surface area contributed by atoms with Crippen molar-refractivity contribution in [3.63, 3.8) is 0 Å². The van der Waals surface area contributed by atoms with Crippen molar-refractivity contribution in [1.29, 1.82) is 5.26 Å². The maximum atomic E-state index is 10.0. The van der Waals surface area contributed by atoms with Crippen LogP contribution in [-0.4, -0.2) is 21.3 Å². The summed E-state index contributed by atoms with van der Waals surface area (Å²) in [6.07, 6.45) is 1.73. The SMILES string of the molecule is CCOc1cc(/C=C(/C#N)c2nc3ccccc3n2C)cc(Br)c1O. The van der Waals surface area contributed by atoms with Gasteiger partial charge in [0.05, 0.1) is 27.7 Å². The van der Waals surface area contributed by atoms with Gasteiger partial charge in [-0.25, -0.2) is 4.98 Å². The third kappa shape index (κ3) is 3.24. The van der Waals surface area contributed by atoms with E-state index in [1.54, 1.807) is 18.2 Å². The fourth-order valence-corrected chi connectivity index (χ4v) is 3.10. The molecule has 3 rings (SSSR count). The molecule has 126 valence electrons. The van der Waals surface area contributed by atoms with Crippen molar-refractivity contribution in [3.8, 4) is 17.6 Å². The van der Waals surface area contributed by atoms with Crippen molar-refractivity contribution >= 4 is 38.6 Å². The maximum Gasteiger partial charge on any atom is 0.172 e. The number of benzene rings is 2. The van der Waals surface area contributed by atoms with Gasteiger partial charge in [0.25, 0.3) is 0 Å². The molecule has 0 spiro atoms. The molecule has 5 nitrogen and oxygen atoms in total. The number of para-hydroxylation sites is 2. The molecule has 0 unspecified atom stereocenters. The third-order valence-electron chi connectivity index (χ3n) is 3.81. The van der Waals surface area contributed by atoms with Crippen molar-refractivity contribution in [2.75, 3.05) is 6.61 Å². The molecular weight excluding hydrogens is 382 g/mol. The number of hydrogen-bond acceptors (Lipinski definition) is 4. The lowest BCUT2D eigenvalue weighted by Gasteiger charge is -2.09. The van der Waals surface area contributed by atoms with Crippen LogP contribution in [0.5, 0.6) is 11.5 Å². The van der Waals surface area contributed by atoms with Crippen molar-refractivity contribution in [3.05, 3.63) is 52.3 Å². The molecule has 6 heteroatoms. The quantitative estimate of drug-likeness (QED) is 0.657. The summed E-state index contributed by atoms with van der Waals surface area (Å²) < 4.78 is 7.84. The number of aromatic hydroxyl groups is 1. The van der Waals surface area contributed by atoms with Gasteiger partial charge < -0.3 is 14.4 Å². The van der Waals surface area contributed by atoms with Crippen LogP contribution in [0, 0.1) is 11.3 Å². The Kier molecular flexibility index (Phi) is 4.77. The number of halogens is 1. The van der Waals surface area contributed by atoms with Crippen molar-refractivity contribution in [2.24, 2.45) is 7.05 Å². The fraction of sp³-hybridized carbons (Fsp3) is 0.158. The monoisotopic (exact) mass is 397 g/mol. The number of aryl methyl sites for hydroxylation is 1. The van der Waals surface area contributed by atoms with E-state index in [-0.39, 0.29) is 5.75 Å². The van der Waals surface area contributed by atoms with E-state index >= 15 is 0 Å². The number of aromatic nitrogens is 2. The first-order valence-electron chi connectivity index (χ1n) is 7.74. The molecule has 25 heavy (non-hydrogen) atoms. The number of nitriles is 1. The lowest BCUT2D eigenvalue weighted by molar-refractivity contribution is 0.317. The molecule has 0 bridgehead atoms. The second kappa shape index (κ2) is 6.99. The van der Waals surface area contributed by atoms with Gasteiger partial charge in [-0.2, -0.15) is 5.26 Å². The summed E-state index contributed by atoms with van der Waals surface area (Å²) in [5.74, 6) is 0.997. The van der Waals surface area contributed by atoms with Crippen molar-refractivity contribution in [2.45, 2.75) is 6.92 Å². The molecule has 0 aliphatic heterocycles. The first-order chi connectivity index (χ1) is 12.0. The average molecular weight is 398 g/mol. The molecule has 0 fully saturated rings. The van der Waals surface area contributed by atoms with E-state index in [4.69, 9.17) is 4.74 Å². The van der Waals surface area contributed by atoms with Crippen LogP contribution in [0.15, 0.2) is 40.9 Å². The van der Waals surface area contributed by atoms with Crippen LogP contribution in [-0.2, 0) is 7.05 Å². The molecule has 1 heterocycles. The Morgan fingerprint density at radius 2 is 2.16 bits per heavy atom. The summed E-state index contributed by atoms with van der Waals surface area (Å²) >= 11 is 3.31. The summed E-state index contributed by atoms with van der Waals surface area (Å²) in [5, 5.41) is 19.6. The Labute approximate surface area is 153 Å². The van der Waals surface area contributed by atoms with Gasteiger partial charge in [-0.05, 0) is 58.8 Å². The Morgan fingerprint density at radius 1 is 1.40 bits per heavy atom. The number of nitrogens with zero attached hydrogens (tertiary/aromatic N) is 3. The number of ether oxygens (including phenoxy) is 1. The van der Waals surface area contributed by atoms with E-state index in [1.807, 2.05) is 42.8 Å². The topological polar surface area (TPSA) is 71.1 Å². The van der Waals surface area contributed by atoms with Crippen LogP contribution in [0.1, 0.15) is 18.3 Å². The Bertz CT molecular complexity index is 1020. The van der Waals surface area contributed by atoms with E-state index in [9.17, 15) is 10.4 Å². The summed E-state index contributed by atoms with van der Waals surface area (Å²) in [5.41, 5.74) is 2.96. The lowest BCUT2D eigenvalue weighted by Crippen LogP contribution is -1.96. The summed E-state index contributed by atoms with van der Waals surface area (Å²) in [7, 11) is 1.88. The number of imidazole rings is 1. The van der Waals surface area contributed by atoms with Gasteiger partial charge in [0, 0.05) is 7.05 Å². The van der Waals surface area contributed by atoms with Gasteiger partial charge in [0.15, 0.2) is 17.3 Å². The summed E-state index contributed by atoms with van der Waals surface area (Å²) in [6, 6.07) is 13.4. The van der Waals surface area contributed by atoms with Gasteiger partial charge in [-0.1, -0.05) is 12.1 Å². The van der Waals surface area contributed by atoms with Crippen LogP contribution in [0.25, 0.3) is 22.7 Å². The highest BCUT2D eigenvalue weighted by atomic mass is 79.9. The summed E-state index contributed by atoms with van der Waals surface area (Å²) in [6.45, 7) is 2.28. The lowest BCUT2D eigenvalue weighted by atomic mass is 10.1. The molecule has 1 aromatic heterocycles. The van der Waals surface area contributed by atoms with Crippen LogP contribution in [0.3, 0.4) is 0 Å². The second-order valence-corrected chi connectivity index (χ2v) is 6.29. The number of hydrogen-bond donors (Lipinski definition) is 1. The number of fused-ring (bicyclic) bond motifs is 1. The smallest absolute Gasteiger partial charge is 0.172 e. The zero-order valence-corrected chi connectivity index (χ0v) is 15.4. The summed E-state index contributed by atoms with van der Waals surface area (Å²) in [4.78, 5) is 4.56. The van der Waals surface area contributed by atoms with E-state index in [2.05, 4.69) is 27.0 Å². The van der Waals surface area contributed by atoms with E-state index in [0.717, 1.165) is 16.6 Å². The van der Waals surface area contributed by atoms with Gasteiger partial charge >= 0.3 is 0 Å². The zero-order chi connectivity index (χ0) is 18.0. The third-order valence-corrected chi connectivity index (χ3v) is 4.41. The molecule has 0 radical (unpaired) electrons. The molecule has 0 amide bonds. The number of allylic oxidation sites excluding steroid dienone is 1. The minimum Gasteiger partial charge on any atom is -0.503 e. The predicted molar refractivity (Wildman–Crippen MR) is 101 cm³/mol. The minimum atomic E-state index is 0.0419. The second-order valence-electron chi connectivity index (χ2n) is 5.44. The standard InChI is InChI=1S/C19H16BrN3O2/c1-3-25-17-10-12(9-14(20)18(17)24)8-13(11-21)19-22-15-6-4-5-7-16(15)23(19)2/h4-10,24H,3H2,1-2H3/b13-8-. The van der Waals surface area contributed by atoms with Crippen LogP contribution in [0.4, 0.5) is 0 Å². The van der Waals surface area contributed by atoms with Crippen molar-refractivity contribution < 1.29 is 9.84 Å². The Morgan fingerprint density at radius 3 is 2.84 bits per heavy atom. The van der Waals surface area contributed by atoms with Crippen LogP contribution in [0.2, 0.25) is 0 Å². The van der Waals surface area contributed by atoms with E-state index in [0.29, 0.717) is 28.2 Å². The van der Waals surface area contributed by atoms with Gasteiger partial charge in [0.2, 0.25) is 0 Å². The average Bonchev–Trinajstić information content (AvgIpc) is 2.94. The van der Waals surface area contributed by atoms with Gasteiger partial charge in [-0.3, -0.25) is 0 Å². The van der Waals surface area contributed by atoms with Gasteiger partial charge in [0.1, 0.15) is 6.07 Å². The molecule has 0 aliphatic carbocycles. The predicted octanol–water partition coefficient (Wildman–Crippen LogP) is 4.50. The molecule has 0 saturated carbocycles. The molecule has 0 aliphatic rings. The Balaban J connectivity index is 2.12. The van der Waals surface area contributed by atoms with E-state index < -0.39 is 0 Å². The van der Waals surface area contributed by atoms with E-state index in [1.165, 1.54) is 0 Å². The molecule has 1 N–H and O–H groups in total. The molecular formula is C19H16BrN3O2. The van der Waals surface area contributed by atoms with Crippen molar-refractivity contribution in [1.82, 2.24) is 9.55 Å². The number of phenolic OH excluding ortho intramolecular Hbond substituents is 1. The normalized spacial score (nSPS) is 11.5. The zero-order valence-electron chi connectivity index (χ0n) is 13.8. The first kappa shape index (κ1) is 17.1. The number of rotatable bonds is 4. The Hall–Kier alpha value is -2.78. The number of phenols is 1. The molecule has 2 aromatic carbocycles. The highest BCUT2D eigenvalue weighted by Gasteiger charge is 2.13. The van der Waals surface area contributed by atoms with Crippen LogP contribution < -0.4 is 4.74 Å². The fourth-order valence-electron chi connectivity index (χ4n) is 2.64. The molecule has 0 atom stereocenters. The largest absolute Gasteiger partial charge is 0.503 e. The highest BCUT2D eigenvalue weighted by Crippen LogP contribution is 2.36. The van der Waals surface area contributed by atoms with Crippen LogP contribution >= 0.6 is 15.9 Å². The minimum absolute atomic E-state index is 0.0419. The van der Waals surface area contributed by atoms with Gasteiger partial charge in [-0.15, -0.1) is 0 Å². The molecule has 0 saturated heterocycles. The molecule has 3 aromatic rings.